The summed E-state index contributed by atoms with van der Waals surface area (Å²) in [5.74, 6) is 0.0971. The van der Waals surface area contributed by atoms with Gasteiger partial charge in [-0.15, -0.1) is 0 Å². The number of aryl methyl sites for hydroxylation is 1. The zero-order valence-electron chi connectivity index (χ0n) is 12.8. The van der Waals surface area contributed by atoms with Gasteiger partial charge in [-0.1, -0.05) is 26.8 Å². The maximum absolute atomic E-state index is 12.0. The lowest BCUT2D eigenvalue weighted by atomic mass is 9.82. The van der Waals surface area contributed by atoms with E-state index in [0.717, 1.165) is 12.1 Å². The predicted octanol–water partition coefficient (Wildman–Crippen LogP) is 3.35. The van der Waals surface area contributed by atoms with Gasteiger partial charge in [0.05, 0.1) is 0 Å². The topological polar surface area (TPSA) is 42.0 Å². The van der Waals surface area contributed by atoms with Crippen molar-refractivity contribution in [1.82, 2.24) is 10.3 Å². The number of aromatic nitrogens is 1. The van der Waals surface area contributed by atoms with E-state index in [1.54, 1.807) is 6.20 Å². The van der Waals surface area contributed by atoms with Crippen LogP contribution in [-0.4, -0.2) is 16.4 Å². The van der Waals surface area contributed by atoms with Crippen molar-refractivity contribution in [2.75, 3.05) is 0 Å². The normalized spacial score (nSPS) is 12.3. The molecule has 0 bridgehead atoms. The first-order chi connectivity index (χ1) is 8.68. The molecule has 0 aromatic carbocycles. The van der Waals surface area contributed by atoms with Crippen LogP contribution in [0.25, 0.3) is 0 Å². The molecular formula is C16H26N2O. The lowest BCUT2D eigenvalue weighted by molar-refractivity contribution is -0.122. The van der Waals surface area contributed by atoms with E-state index < -0.39 is 0 Å². The highest BCUT2D eigenvalue weighted by atomic mass is 16.1. The summed E-state index contributed by atoms with van der Waals surface area (Å²) in [6, 6.07) is 5.79. The van der Waals surface area contributed by atoms with Crippen LogP contribution >= 0.6 is 0 Å². The molecule has 0 atom stereocenters. The molecule has 0 saturated carbocycles. The van der Waals surface area contributed by atoms with Gasteiger partial charge in [0.1, 0.15) is 0 Å². The minimum absolute atomic E-state index is 0.0971. The van der Waals surface area contributed by atoms with Gasteiger partial charge in [-0.05, 0) is 44.2 Å². The number of hydrogen-bond acceptors (Lipinski definition) is 2. The second-order valence-corrected chi connectivity index (χ2v) is 6.99. The Kier molecular flexibility index (Phi) is 5.10. The summed E-state index contributed by atoms with van der Waals surface area (Å²) in [4.78, 5) is 16.2. The number of nitrogens with zero attached hydrogens (tertiary/aromatic N) is 1. The Bertz CT molecular complexity index is 405. The molecule has 0 unspecified atom stereocenters. The van der Waals surface area contributed by atoms with E-state index in [0.29, 0.717) is 12.8 Å². The zero-order chi connectivity index (χ0) is 14.5. The number of hydrogen-bond donors (Lipinski definition) is 1. The van der Waals surface area contributed by atoms with Crippen LogP contribution < -0.4 is 5.32 Å². The Labute approximate surface area is 116 Å². The summed E-state index contributed by atoms with van der Waals surface area (Å²) in [6.07, 6.45) is 3.90. The van der Waals surface area contributed by atoms with E-state index in [9.17, 15) is 4.79 Å². The zero-order valence-corrected chi connectivity index (χ0v) is 12.8. The van der Waals surface area contributed by atoms with E-state index in [-0.39, 0.29) is 16.9 Å². The Morgan fingerprint density at radius 1 is 1.21 bits per heavy atom. The van der Waals surface area contributed by atoms with Crippen molar-refractivity contribution in [1.29, 1.82) is 0 Å². The monoisotopic (exact) mass is 262 g/mol. The molecule has 106 valence electrons. The number of rotatable bonds is 5. The van der Waals surface area contributed by atoms with Gasteiger partial charge in [-0.3, -0.25) is 9.78 Å². The van der Waals surface area contributed by atoms with Gasteiger partial charge >= 0.3 is 0 Å². The van der Waals surface area contributed by atoms with Crippen LogP contribution in [0.2, 0.25) is 0 Å². The molecule has 0 aliphatic carbocycles. The molecule has 0 aliphatic rings. The minimum Gasteiger partial charge on any atom is -0.351 e. The third-order valence-corrected chi connectivity index (χ3v) is 2.78. The van der Waals surface area contributed by atoms with E-state index in [1.807, 2.05) is 18.2 Å². The molecule has 0 spiro atoms. The molecule has 0 fully saturated rings. The van der Waals surface area contributed by atoms with Crippen molar-refractivity contribution < 1.29 is 4.79 Å². The van der Waals surface area contributed by atoms with Crippen LogP contribution in [0.1, 0.15) is 53.2 Å². The Balaban J connectivity index is 2.43. The fourth-order valence-corrected chi connectivity index (χ4v) is 2.60. The average Bonchev–Trinajstić information content (AvgIpc) is 2.23. The molecule has 1 heterocycles. The van der Waals surface area contributed by atoms with Crippen LogP contribution in [0.5, 0.6) is 0 Å². The van der Waals surface area contributed by atoms with Crippen molar-refractivity contribution in [3.8, 4) is 0 Å². The van der Waals surface area contributed by atoms with E-state index in [1.165, 1.54) is 0 Å². The first kappa shape index (κ1) is 15.7. The average molecular weight is 262 g/mol. The summed E-state index contributed by atoms with van der Waals surface area (Å²) >= 11 is 0. The van der Waals surface area contributed by atoms with Crippen LogP contribution in [0, 0.1) is 5.41 Å². The maximum atomic E-state index is 12.0. The number of amides is 1. The third kappa shape index (κ3) is 6.94. The van der Waals surface area contributed by atoms with Crippen molar-refractivity contribution in [3.63, 3.8) is 0 Å². The Morgan fingerprint density at radius 3 is 2.42 bits per heavy atom. The molecule has 19 heavy (non-hydrogen) atoms. The highest BCUT2D eigenvalue weighted by molar-refractivity contribution is 5.76. The first-order valence-corrected chi connectivity index (χ1v) is 6.89. The highest BCUT2D eigenvalue weighted by Crippen LogP contribution is 2.26. The quantitative estimate of drug-likeness (QED) is 0.884. The fourth-order valence-electron chi connectivity index (χ4n) is 2.60. The lowest BCUT2D eigenvalue weighted by Gasteiger charge is -2.33. The molecule has 1 aromatic rings. The van der Waals surface area contributed by atoms with Gasteiger partial charge in [-0.2, -0.15) is 0 Å². The smallest absolute Gasteiger partial charge is 0.220 e. The molecule has 3 nitrogen and oxygen atoms in total. The lowest BCUT2D eigenvalue weighted by Crippen LogP contribution is -2.45. The van der Waals surface area contributed by atoms with Gasteiger partial charge in [0.15, 0.2) is 0 Å². The molecule has 0 radical (unpaired) electrons. The van der Waals surface area contributed by atoms with Crippen LogP contribution in [0.15, 0.2) is 24.4 Å². The van der Waals surface area contributed by atoms with Crippen molar-refractivity contribution in [2.45, 2.75) is 59.4 Å². The molecule has 3 heteroatoms. The van der Waals surface area contributed by atoms with Gasteiger partial charge < -0.3 is 5.32 Å². The molecule has 1 N–H and O–H groups in total. The minimum atomic E-state index is -0.167. The summed E-state index contributed by atoms with van der Waals surface area (Å²) < 4.78 is 0. The molecule has 0 aliphatic heterocycles. The van der Waals surface area contributed by atoms with Crippen LogP contribution in [-0.2, 0) is 11.2 Å². The first-order valence-electron chi connectivity index (χ1n) is 6.89. The Morgan fingerprint density at radius 2 is 1.89 bits per heavy atom. The SMILES string of the molecule is CC(C)(C)CC(C)(C)NC(=O)CCc1ccccn1. The standard InChI is InChI=1S/C16H26N2O/c1-15(2,3)12-16(4,5)18-14(19)10-9-13-8-6-7-11-17-13/h6-8,11H,9-10,12H2,1-5H3,(H,18,19). The van der Waals surface area contributed by atoms with Gasteiger partial charge in [0.25, 0.3) is 0 Å². The maximum Gasteiger partial charge on any atom is 0.220 e. The molecule has 0 saturated heterocycles. The van der Waals surface area contributed by atoms with E-state index in [4.69, 9.17) is 0 Å². The number of nitrogens with one attached hydrogen (secondary N) is 1. The van der Waals surface area contributed by atoms with Crippen LogP contribution in [0.3, 0.4) is 0 Å². The van der Waals surface area contributed by atoms with E-state index >= 15 is 0 Å². The van der Waals surface area contributed by atoms with Crippen LogP contribution in [0.4, 0.5) is 0 Å². The summed E-state index contributed by atoms with van der Waals surface area (Å²) in [5.41, 5.74) is 1.00. The van der Waals surface area contributed by atoms with Crippen molar-refractivity contribution in [3.05, 3.63) is 30.1 Å². The van der Waals surface area contributed by atoms with Crippen molar-refractivity contribution in [2.24, 2.45) is 5.41 Å². The predicted molar refractivity (Wildman–Crippen MR) is 78.9 cm³/mol. The molecule has 1 amide bonds. The second kappa shape index (κ2) is 6.18. The van der Waals surface area contributed by atoms with E-state index in [2.05, 4.69) is 44.9 Å². The Hall–Kier alpha value is -1.38. The number of carbonyl (C=O) groups excluding carboxylic acids is 1. The highest BCUT2D eigenvalue weighted by Gasteiger charge is 2.26. The number of carbonyl (C=O) groups is 1. The van der Waals surface area contributed by atoms with Crippen molar-refractivity contribution >= 4 is 5.91 Å². The fraction of sp³-hybridized carbons (Fsp3) is 0.625. The number of pyridine rings is 1. The molecule has 1 aromatic heterocycles. The second-order valence-electron chi connectivity index (χ2n) is 6.99. The summed E-state index contributed by atoms with van der Waals surface area (Å²) in [7, 11) is 0. The largest absolute Gasteiger partial charge is 0.351 e. The summed E-state index contributed by atoms with van der Waals surface area (Å²) in [5, 5.41) is 3.12. The van der Waals surface area contributed by atoms with Gasteiger partial charge in [-0.25, -0.2) is 0 Å². The molecular weight excluding hydrogens is 236 g/mol. The van der Waals surface area contributed by atoms with Gasteiger partial charge in [0.2, 0.25) is 5.91 Å². The van der Waals surface area contributed by atoms with Gasteiger partial charge in [0, 0.05) is 23.9 Å². The molecule has 1 rings (SSSR count). The third-order valence-electron chi connectivity index (χ3n) is 2.78. The summed E-state index contributed by atoms with van der Waals surface area (Å²) in [6.45, 7) is 10.7.